The van der Waals surface area contributed by atoms with Crippen LogP contribution in [-0.4, -0.2) is 0 Å². The summed E-state index contributed by atoms with van der Waals surface area (Å²) in [6, 6.07) is 0. The summed E-state index contributed by atoms with van der Waals surface area (Å²) in [7, 11) is 0. The first-order valence-electron chi connectivity index (χ1n) is 2.73. The van der Waals surface area contributed by atoms with Crippen LogP contribution in [0.5, 0.6) is 0 Å². The standard InChI is InChI=1S/C7H13N/c1-4-6(2)7(3)5-8/h4-6H,1,8H2,2-3H3/b7-5-. The van der Waals surface area contributed by atoms with Crippen molar-refractivity contribution in [3.05, 3.63) is 24.4 Å². The SMILES string of the molecule is C=CC(C)/C(C)=C\N. The van der Waals surface area contributed by atoms with Crippen LogP contribution in [0.25, 0.3) is 0 Å². The molecule has 0 aromatic heterocycles. The van der Waals surface area contributed by atoms with Crippen molar-refractivity contribution in [2.24, 2.45) is 11.7 Å². The van der Waals surface area contributed by atoms with E-state index in [2.05, 4.69) is 13.5 Å². The summed E-state index contributed by atoms with van der Waals surface area (Å²) in [6.07, 6.45) is 3.49. The van der Waals surface area contributed by atoms with Gasteiger partial charge in [0.2, 0.25) is 0 Å². The van der Waals surface area contributed by atoms with Gasteiger partial charge in [0.05, 0.1) is 0 Å². The largest absolute Gasteiger partial charge is 0.405 e. The Morgan fingerprint density at radius 2 is 2.25 bits per heavy atom. The highest BCUT2D eigenvalue weighted by Crippen LogP contribution is 2.07. The maximum Gasteiger partial charge on any atom is -0.00399 e. The first kappa shape index (κ1) is 7.28. The Balaban J connectivity index is 3.81. The predicted molar refractivity (Wildman–Crippen MR) is 37.3 cm³/mol. The van der Waals surface area contributed by atoms with Gasteiger partial charge < -0.3 is 5.73 Å². The van der Waals surface area contributed by atoms with Crippen LogP contribution in [0.15, 0.2) is 24.4 Å². The van der Waals surface area contributed by atoms with Crippen LogP contribution in [0.3, 0.4) is 0 Å². The summed E-state index contributed by atoms with van der Waals surface area (Å²) in [5.74, 6) is 0.417. The molecule has 46 valence electrons. The molecular weight excluding hydrogens is 98.1 g/mol. The Kier molecular flexibility index (Phi) is 3.01. The Hall–Kier alpha value is -0.720. The average molecular weight is 111 g/mol. The molecule has 0 radical (unpaired) electrons. The Morgan fingerprint density at radius 3 is 2.38 bits per heavy atom. The first-order valence-corrected chi connectivity index (χ1v) is 2.73. The van der Waals surface area contributed by atoms with E-state index in [1.54, 1.807) is 6.20 Å². The van der Waals surface area contributed by atoms with Gasteiger partial charge in [-0.1, -0.05) is 18.6 Å². The third-order valence-electron chi connectivity index (χ3n) is 1.33. The zero-order chi connectivity index (χ0) is 6.57. The lowest BCUT2D eigenvalue weighted by Gasteiger charge is -2.02. The maximum absolute atomic E-state index is 5.24. The van der Waals surface area contributed by atoms with Gasteiger partial charge in [0.1, 0.15) is 0 Å². The van der Waals surface area contributed by atoms with E-state index >= 15 is 0 Å². The van der Waals surface area contributed by atoms with Gasteiger partial charge in [-0.15, -0.1) is 6.58 Å². The zero-order valence-electron chi connectivity index (χ0n) is 5.52. The van der Waals surface area contributed by atoms with Crippen LogP contribution in [0.2, 0.25) is 0 Å². The molecule has 0 saturated carbocycles. The topological polar surface area (TPSA) is 26.0 Å². The summed E-state index contributed by atoms with van der Waals surface area (Å²) in [5, 5.41) is 0. The Bertz CT molecular complexity index is 103. The third-order valence-corrected chi connectivity index (χ3v) is 1.33. The van der Waals surface area contributed by atoms with Gasteiger partial charge in [-0.25, -0.2) is 0 Å². The molecule has 0 aliphatic rings. The van der Waals surface area contributed by atoms with E-state index in [1.165, 1.54) is 5.57 Å². The third kappa shape index (κ3) is 1.82. The molecule has 1 nitrogen and oxygen atoms in total. The highest BCUT2D eigenvalue weighted by Gasteiger charge is 1.94. The van der Waals surface area contributed by atoms with Gasteiger partial charge in [-0.05, 0) is 19.0 Å². The summed E-state index contributed by atoms with van der Waals surface area (Å²) in [5.41, 5.74) is 6.41. The average Bonchev–Trinajstić information content (AvgIpc) is 1.84. The number of rotatable bonds is 2. The van der Waals surface area contributed by atoms with E-state index in [1.807, 2.05) is 13.0 Å². The van der Waals surface area contributed by atoms with Crippen molar-refractivity contribution in [3.8, 4) is 0 Å². The highest BCUT2D eigenvalue weighted by atomic mass is 14.5. The summed E-state index contributed by atoms with van der Waals surface area (Å²) in [4.78, 5) is 0. The monoisotopic (exact) mass is 111 g/mol. The maximum atomic E-state index is 5.24. The molecule has 1 atom stereocenters. The minimum atomic E-state index is 0.417. The van der Waals surface area contributed by atoms with Crippen molar-refractivity contribution in [1.82, 2.24) is 0 Å². The molecule has 0 aromatic carbocycles. The van der Waals surface area contributed by atoms with Crippen LogP contribution in [-0.2, 0) is 0 Å². The summed E-state index contributed by atoms with van der Waals surface area (Å²) in [6.45, 7) is 7.69. The van der Waals surface area contributed by atoms with Gasteiger partial charge in [-0.3, -0.25) is 0 Å². The number of nitrogens with two attached hydrogens (primary N) is 1. The molecule has 0 aromatic rings. The van der Waals surface area contributed by atoms with Crippen LogP contribution >= 0.6 is 0 Å². The quantitative estimate of drug-likeness (QED) is 0.539. The molecule has 0 aliphatic carbocycles. The van der Waals surface area contributed by atoms with Gasteiger partial charge in [0.15, 0.2) is 0 Å². The molecule has 1 unspecified atom stereocenters. The molecule has 0 heterocycles. The second-order valence-corrected chi connectivity index (χ2v) is 1.94. The van der Waals surface area contributed by atoms with E-state index in [-0.39, 0.29) is 0 Å². The minimum absolute atomic E-state index is 0.417. The molecule has 0 bridgehead atoms. The van der Waals surface area contributed by atoms with E-state index in [9.17, 15) is 0 Å². The van der Waals surface area contributed by atoms with Crippen molar-refractivity contribution in [2.45, 2.75) is 13.8 Å². The lowest BCUT2D eigenvalue weighted by molar-refractivity contribution is 0.860. The van der Waals surface area contributed by atoms with E-state index in [0.717, 1.165) is 0 Å². The summed E-state index contributed by atoms with van der Waals surface area (Å²) >= 11 is 0. The number of allylic oxidation sites excluding steroid dienone is 2. The molecule has 0 amide bonds. The zero-order valence-corrected chi connectivity index (χ0v) is 5.52. The lowest BCUT2D eigenvalue weighted by Crippen LogP contribution is -1.93. The Labute approximate surface area is 50.9 Å². The second-order valence-electron chi connectivity index (χ2n) is 1.94. The van der Waals surface area contributed by atoms with Crippen molar-refractivity contribution >= 4 is 0 Å². The lowest BCUT2D eigenvalue weighted by atomic mass is 10.1. The number of hydrogen-bond donors (Lipinski definition) is 1. The first-order chi connectivity index (χ1) is 3.72. The fourth-order valence-corrected chi connectivity index (χ4v) is 0.338. The molecule has 0 aliphatic heterocycles. The molecule has 0 fully saturated rings. The molecule has 0 rings (SSSR count). The molecule has 0 saturated heterocycles. The van der Waals surface area contributed by atoms with Crippen LogP contribution in [0.4, 0.5) is 0 Å². The Morgan fingerprint density at radius 1 is 1.75 bits per heavy atom. The van der Waals surface area contributed by atoms with Gasteiger partial charge >= 0.3 is 0 Å². The molecule has 2 N–H and O–H groups in total. The molecule has 1 heteroatoms. The molecule has 8 heavy (non-hydrogen) atoms. The normalized spacial score (nSPS) is 15.5. The van der Waals surface area contributed by atoms with E-state index in [0.29, 0.717) is 5.92 Å². The van der Waals surface area contributed by atoms with Crippen molar-refractivity contribution in [2.75, 3.05) is 0 Å². The molecular formula is C7H13N. The highest BCUT2D eigenvalue weighted by molar-refractivity contribution is 5.05. The molecule has 0 spiro atoms. The minimum Gasteiger partial charge on any atom is -0.405 e. The van der Waals surface area contributed by atoms with Crippen molar-refractivity contribution in [1.29, 1.82) is 0 Å². The van der Waals surface area contributed by atoms with Crippen LogP contribution < -0.4 is 5.73 Å². The fraction of sp³-hybridized carbons (Fsp3) is 0.429. The summed E-state index contributed by atoms with van der Waals surface area (Å²) < 4.78 is 0. The van der Waals surface area contributed by atoms with Crippen LogP contribution in [0.1, 0.15) is 13.8 Å². The number of hydrogen-bond acceptors (Lipinski definition) is 1. The van der Waals surface area contributed by atoms with E-state index < -0.39 is 0 Å². The van der Waals surface area contributed by atoms with Crippen LogP contribution in [0, 0.1) is 5.92 Å². The van der Waals surface area contributed by atoms with Crippen molar-refractivity contribution in [3.63, 3.8) is 0 Å². The predicted octanol–water partition coefficient (Wildman–Crippen LogP) is 1.67. The van der Waals surface area contributed by atoms with Gasteiger partial charge in [-0.2, -0.15) is 0 Å². The van der Waals surface area contributed by atoms with Crippen molar-refractivity contribution < 1.29 is 0 Å². The fourth-order valence-electron chi connectivity index (χ4n) is 0.338. The van der Waals surface area contributed by atoms with Gasteiger partial charge in [0, 0.05) is 0 Å². The second kappa shape index (κ2) is 3.30. The smallest absolute Gasteiger partial charge is 0.00399 e. The van der Waals surface area contributed by atoms with Gasteiger partial charge in [0.25, 0.3) is 0 Å². The van der Waals surface area contributed by atoms with E-state index in [4.69, 9.17) is 5.73 Å².